The molecule has 32 heavy (non-hydrogen) atoms. The van der Waals surface area contributed by atoms with E-state index in [0.717, 1.165) is 0 Å². The van der Waals surface area contributed by atoms with Crippen molar-refractivity contribution < 1.29 is 16.8 Å². The zero-order chi connectivity index (χ0) is 22.9. The van der Waals surface area contributed by atoms with Gasteiger partial charge in [-0.15, -0.1) is 0 Å². The Morgan fingerprint density at radius 2 is 1.09 bits per heavy atom. The lowest BCUT2D eigenvalue weighted by Crippen LogP contribution is -2.17. The summed E-state index contributed by atoms with van der Waals surface area (Å²) in [5.41, 5.74) is 0.688. The minimum absolute atomic E-state index is 0.140. The second-order valence-corrected chi connectivity index (χ2v) is 11.9. The molecule has 0 fully saturated rings. The fourth-order valence-electron chi connectivity index (χ4n) is 3.12. The predicted octanol–water partition coefficient (Wildman–Crippen LogP) is 5.97. The maximum absolute atomic E-state index is 13.3. The van der Waals surface area contributed by atoms with Gasteiger partial charge in [0, 0.05) is 14.3 Å². The molecule has 164 valence electrons. The van der Waals surface area contributed by atoms with Crippen LogP contribution in [0, 0.1) is 0 Å². The summed E-state index contributed by atoms with van der Waals surface area (Å²) in [7, 11) is -8.18. The van der Waals surface area contributed by atoms with Gasteiger partial charge in [0.2, 0.25) is 0 Å². The number of halogens is 2. The first-order chi connectivity index (χ1) is 15.2. The van der Waals surface area contributed by atoms with Crippen LogP contribution in [0.5, 0.6) is 0 Å². The average Bonchev–Trinajstić information content (AvgIpc) is 2.76. The van der Waals surface area contributed by atoms with Gasteiger partial charge in [-0.3, -0.25) is 9.44 Å². The van der Waals surface area contributed by atoms with Crippen molar-refractivity contribution in [2.75, 3.05) is 9.44 Å². The number of sulfonamides is 2. The molecule has 6 nitrogen and oxygen atoms in total. The van der Waals surface area contributed by atoms with Gasteiger partial charge in [0.25, 0.3) is 20.0 Å². The number of anilines is 2. The number of fused-ring (bicyclic) bond motifs is 1. The van der Waals surface area contributed by atoms with Crippen molar-refractivity contribution in [1.82, 2.24) is 0 Å². The Balaban J connectivity index is 1.85. The highest BCUT2D eigenvalue weighted by Gasteiger charge is 2.24. The monoisotopic (exact) mass is 594 g/mol. The largest absolute Gasteiger partial charge is 0.278 e. The number of para-hydroxylation sites is 2. The maximum atomic E-state index is 13.3. The van der Waals surface area contributed by atoms with Crippen molar-refractivity contribution in [3.05, 3.63) is 93.9 Å². The molecular formula is C22H16Br2N2O4S2. The topological polar surface area (TPSA) is 92.3 Å². The summed E-state index contributed by atoms with van der Waals surface area (Å²) >= 11 is 6.64. The molecule has 0 aromatic heterocycles. The van der Waals surface area contributed by atoms with Crippen LogP contribution in [0.25, 0.3) is 10.8 Å². The summed E-state index contributed by atoms with van der Waals surface area (Å²) in [5, 5.41) is 0.891. The van der Waals surface area contributed by atoms with E-state index in [2.05, 4.69) is 41.3 Å². The van der Waals surface area contributed by atoms with Crippen LogP contribution in [0.4, 0.5) is 11.4 Å². The Morgan fingerprint density at radius 3 is 1.69 bits per heavy atom. The Kier molecular flexibility index (Phi) is 6.30. The molecule has 0 aliphatic heterocycles. The van der Waals surface area contributed by atoms with E-state index >= 15 is 0 Å². The minimum atomic E-state index is -4.11. The van der Waals surface area contributed by atoms with E-state index < -0.39 is 20.0 Å². The van der Waals surface area contributed by atoms with Crippen LogP contribution in [-0.2, 0) is 20.0 Å². The first-order valence-corrected chi connectivity index (χ1v) is 13.8. The number of hydrogen-bond donors (Lipinski definition) is 2. The summed E-state index contributed by atoms with van der Waals surface area (Å²) in [5.74, 6) is 0. The highest BCUT2D eigenvalue weighted by Crippen LogP contribution is 2.32. The molecule has 0 radical (unpaired) electrons. The first kappa shape index (κ1) is 22.8. The Labute approximate surface area is 203 Å². The maximum Gasteiger partial charge on any atom is 0.262 e. The van der Waals surface area contributed by atoms with Crippen LogP contribution >= 0.6 is 31.9 Å². The van der Waals surface area contributed by atoms with Crippen LogP contribution in [0.1, 0.15) is 0 Å². The summed E-state index contributed by atoms with van der Waals surface area (Å²) in [4.78, 5) is -0.307. The average molecular weight is 596 g/mol. The summed E-state index contributed by atoms with van der Waals surface area (Å²) in [6.45, 7) is 0. The highest BCUT2D eigenvalue weighted by atomic mass is 79.9. The van der Waals surface area contributed by atoms with Crippen molar-refractivity contribution in [2.45, 2.75) is 9.79 Å². The van der Waals surface area contributed by atoms with Crippen LogP contribution in [0.15, 0.2) is 104 Å². The van der Waals surface area contributed by atoms with E-state index in [4.69, 9.17) is 0 Å². The molecule has 0 aliphatic carbocycles. The molecule has 2 N–H and O–H groups in total. The summed E-state index contributed by atoms with van der Waals surface area (Å²) in [6, 6.07) is 22.9. The quantitative estimate of drug-likeness (QED) is 0.287. The van der Waals surface area contributed by atoms with Gasteiger partial charge in [-0.2, -0.15) is 0 Å². The van der Waals surface area contributed by atoms with E-state index in [0.29, 0.717) is 31.1 Å². The van der Waals surface area contributed by atoms with E-state index in [1.54, 1.807) is 72.8 Å². The third-order valence-corrected chi connectivity index (χ3v) is 8.77. The molecule has 0 heterocycles. The number of nitrogens with one attached hydrogen (secondary N) is 2. The van der Waals surface area contributed by atoms with Crippen molar-refractivity contribution >= 4 is 74.1 Å². The van der Waals surface area contributed by atoms with Gasteiger partial charge < -0.3 is 0 Å². The lowest BCUT2D eigenvalue weighted by Gasteiger charge is -2.15. The Hall–Kier alpha value is -2.40. The molecule has 0 spiro atoms. The van der Waals surface area contributed by atoms with Gasteiger partial charge in [-0.1, -0.05) is 48.5 Å². The third kappa shape index (κ3) is 4.68. The van der Waals surface area contributed by atoms with Crippen LogP contribution in [0.2, 0.25) is 0 Å². The molecule has 4 rings (SSSR count). The summed E-state index contributed by atoms with van der Waals surface area (Å²) < 4.78 is 59.0. The lowest BCUT2D eigenvalue weighted by atomic mass is 10.1. The molecule has 0 amide bonds. The molecule has 4 aromatic rings. The normalized spacial score (nSPS) is 11.9. The Bertz CT molecular complexity index is 1540. The highest BCUT2D eigenvalue weighted by molar-refractivity contribution is 9.11. The van der Waals surface area contributed by atoms with Gasteiger partial charge in [-0.25, -0.2) is 16.8 Å². The number of rotatable bonds is 6. The second kappa shape index (κ2) is 8.86. The smallest absolute Gasteiger partial charge is 0.262 e. The third-order valence-electron chi connectivity index (χ3n) is 4.63. The standard InChI is InChI=1S/C22H16Br2N2O4S2/c23-18-9-3-5-11-20(18)25-31(27,28)16-13-15-7-1-2-8-17(15)22(14-16)32(29,30)26-21-12-6-4-10-19(21)24/h1-14,25-26H. The molecule has 0 saturated carbocycles. The van der Waals surface area contributed by atoms with E-state index in [9.17, 15) is 16.8 Å². The molecule has 4 aromatic carbocycles. The molecule has 0 bridgehead atoms. The summed E-state index contributed by atoms with van der Waals surface area (Å²) in [6.07, 6.45) is 0. The fourth-order valence-corrected chi connectivity index (χ4v) is 6.70. The van der Waals surface area contributed by atoms with Crippen molar-refractivity contribution in [2.24, 2.45) is 0 Å². The molecular weight excluding hydrogens is 580 g/mol. The van der Waals surface area contributed by atoms with Gasteiger partial charge >= 0.3 is 0 Å². The molecule has 0 atom stereocenters. The van der Waals surface area contributed by atoms with Crippen molar-refractivity contribution in [3.63, 3.8) is 0 Å². The van der Waals surface area contributed by atoms with E-state index in [1.807, 2.05) is 0 Å². The van der Waals surface area contributed by atoms with Crippen molar-refractivity contribution in [3.8, 4) is 0 Å². The SMILES string of the molecule is O=S(=O)(Nc1ccccc1Br)c1cc(S(=O)(=O)Nc2ccccc2Br)c2ccccc2c1. The zero-order valence-electron chi connectivity index (χ0n) is 16.3. The van der Waals surface area contributed by atoms with Gasteiger partial charge in [0.15, 0.2) is 0 Å². The number of benzene rings is 4. The molecule has 10 heteroatoms. The molecule has 0 unspecified atom stereocenters. The first-order valence-electron chi connectivity index (χ1n) is 9.25. The van der Waals surface area contributed by atoms with Crippen LogP contribution < -0.4 is 9.44 Å². The van der Waals surface area contributed by atoms with Crippen molar-refractivity contribution in [1.29, 1.82) is 0 Å². The molecule has 0 saturated heterocycles. The van der Waals surface area contributed by atoms with E-state index in [-0.39, 0.29) is 9.79 Å². The van der Waals surface area contributed by atoms with Gasteiger partial charge in [0.05, 0.1) is 21.2 Å². The van der Waals surface area contributed by atoms with Crippen LogP contribution in [0.3, 0.4) is 0 Å². The van der Waals surface area contributed by atoms with E-state index in [1.165, 1.54) is 12.1 Å². The predicted molar refractivity (Wildman–Crippen MR) is 134 cm³/mol. The Morgan fingerprint density at radius 1 is 0.594 bits per heavy atom. The zero-order valence-corrected chi connectivity index (χ0v) is 21.1. The van der Waals surface area contributed by atoms with Gasteiger partial charge in [-0.05, 0) is 73.6 Å². The number of hydrogen-bond acceptors (Lipinski definition) is 4. The lowest BCUT2D eigenvalue weighted by molar-refractivity contribution is 0.600. The molecule has 0 aliphatic rings. The second-order valence-electron chi connectivity index (χ2n) is 6.81. The minimum Gasteiger partial charge on any atom is -0.278 e. The van der Waals surface area contributed by atoms with Gasteiger partial charge in [0.1, 0.15) is 0 Å². The van der Waals surface area contributed by atoms with Crippen LogP contribution in [-0.4, -0.2) is 16.8 Å². The fraction of sp³-hybridized carbons (Fsp3) is 0.